The summed E-state index contributed by atoms with van der Waals surface area (Å²) in [7, 11) is 0. The quantitative estimate of drug-likeness (QED) is 0.417. The fraction of sp³-hybridized carbons (Fsp3) is 0.355. The maximum atomic E-state index is 13.2. The molecule has 0 radical (unpaired) electrons. The number of rotatable bonds is 10. The van der Waals surface area contributed by atoms with E-state index in [1.807, 2.05) is 60.7 Å². The lowest BCUT2D eigenvalue weighted by atomic mass is 9.80. The number of nitrogens with two attached hydrogens (primary N) is 1. The minimum absolute atomic E-state index is 0.0193. The summed E-state index contributed by atoms with van der Waals surface area (Å²) in [6.07, 6.45) is 3.42. The fourth-order valence-electron chi connectivity index (χ4n) is 5.27. The minimum Gasteiger partial charge on any atom is -0.346 e. The van der Waals surface area contributed by atoms with Gasteiger partial charge in [0.25, 0.3) is 0 Å². The topological polar surface area (TPSA) is 75.4 Å². The van der Waals surface area contributed by atoms with Crippen molar-refractivity contribution in [2.75, 3.05) is 19.6 Å². The number of piperidine rings is 1. The molecule has 4 rings (SSSR count). The van der Waals surface area contributed by atoms with E-state index in [9.17, 15) is 9.59 Å². The second kappa shape index (κ2) is 12.1. The third-order valence-corrected chi connectivity index (χ3v) is 7.31. The Balaban J connectivity index is 1.40. The van der Waals surface area contributed by atoms with Gasteiger partial charge in [-0.05, 0) is 42.4 Å². The van der Waals surface area contributed by atoms with Crippen molar-refractivity contribution in [3.8, 4) is 0 Å². The summed E-state index contributed by atoms with van der Waals surface area (Å²) in [5.74, 6) is 0.110. The van der Waals surface area contributed by atoms with Crippen LogP contribution in [0, 0.1) is 0 Å². The van der Waals surface area contributed by atoms with Gasteiger partial charge in [0, 0.05) is 31.1 Å². The Hall–Kier alpha value is -3.28. The average Bonchev–Trinajstić information content (AvgIpc) is 2.91. The number of aryl methyl sites for hydroxylation is 1. The smallest absolute Gasteiger partial charge is 0.222 e. The van der Waals surface area contributed by atoms with Crippen molar-refractivity contribution in [3.63, 3.8) is 0 Å². The van der Waals surface area contributed by atoms with E-state index >= 15 is 0 Å². The number of hydrogen-bond donors (Lipinski definition) is 2. The molecule has 36 heavy (non-hydrogen) atoms. The molecule has 3 N–H and O–H groups in total. The minimum atomic E-state index is -0.453. The molecular formula is C31H37N3O2. The van der Waals surface area contributed by atoms with Crippen molar-refractivity contribution >= 4 is 11.7 Å². The second-order valence-corrected chi connectivity index (χ2v) is 9.85. The summed E-state index contributed by atoms with van der Waals surface area (Å²) in [6, 6.07) is 27.7. The zero-order valence-electron chi connectivity index (χ0n) is 21.2. The normalized spacial score (nSPS) is 16.3. The Labute approximate surface area is 214 Å². The van der Waals surface area contributed by atoms with Gasteiger partial charge in [-0.15, -0.1) is 0 Å². The van der Waals surface area contributed by atoms with E-state index in [0.717, 1.165) is 43.5 Å². The summed E-state index contributed by atoms with van der Waals surface area (Å²) in [5.41, 5.74) is 10.3. The van der Waals surface area contributed by atoms with Gasteiger partial charge in [-0.25, -0.2) is 0 Å². The van der Waals surface area contributed by atoms with Crippen LogP contribution in [0.25, 0.3) is 0 Å². The molecule has 188 valence electrons. The lowest BCUT2D eigenvalue weighted by Gasteiger charge is -2.43. The van der Waals surface area contributed by atoms with Crippen LogP contribution in [0.5, 0.6) is 0 Å². The van der Waals surface area contributed by atoms with Crippen LogP contribution in [0.2, 0.25) is 0 Å². The van der Waals surface area contributed by atoms with Crippen molar-refractivity contribution in [1.29, 1.82) is 0 Å². The van der Waals surface area contributed by atoms with Crippen molar-refractivity contribution < 1.29 is 9.59 Å². The van der Waals surface area contributed by atoms with Crippen LogP contribution in [0.1, 0.15) is 53.2 Å². The first-order valence-electron chi connectivity index (χ1n) is 13.0. The van der Waals surface area contributed by atoms with E-state index in [1.165, 1.54) is 11.1 Å². The molecule has 5 heteroatoms. The molecule has 1 amide bonds. The lowest BCUT2D eigenvalue weighted by molar-refractivity contribution is -0.124. The van der Waals surface area contributed by atoms with Crippen molar-refractivity contribution in [2.24, 2.45) is 5.73 Å². The molecule has 0 bridgehead atoms. The predicted molar refractivity (Wildman–Crippen MR) is 145 cm³/mol. The molecule has 0 spiro atoms. The Morgan fingerprint density at radius 3 is 2.11 bits per heavy atom. The molecular weight excluding hydrogens is 446 g/mol. The van der Waals surface area contributed by atoms with Crippen LogP contribution in [0.4, 0.5) is 0 Å². The molecule has 1 saturated heterocycles. The highest BCUT2D eigenvalue weighted by Gasteiger charge is 2.38. The third kappa shape index (κ3) is 6.48. The molecule has 1 fully saturated rings. The monoisotopic (exact) mass is 483 g/mol. The first-order valence-corrected chi connectivity index (χ1v) is 13.0. The molecule has 1 atom stereocenters. The SMILES string of the molecule is CCc1ccccc1CC(N)CC(=O)NC1(c2ccccc2)CCN(CC(=O)c2ccccc2)CC1. The average molecular weight is 484 g/mol. The van der Waals surface area contributed by atoms with Crippen molar-refractivity contribution in [1.82, 2.24) is 10.2 Å². The second-order valence-electron chi connectivity index (χ2n) is 9.85. The first kappa shape index (κ1) is 25.8. The lowest BCUT2D eigenvalue weighted by Crippen LogP contribution is -2.54. The molecule has 0 aliphatic carbocycles. The number of Topliss-reactive ketones (excluding diaryl/α,β-unsaturated/α-hetero) is 1. The van der Waals surface area contributed by atoms with E-state index in [0.29, 0.717) is 13.0 Å². The summed E-state index contributed by atoms with van der Waals surface area (Å²) in [5, 5.41) is 3.37. The summed E-state index contributed by atoms with van der Waals surface area (Å²) in [4.78, 5) is 28.1. The highest BCUT2D eigenvalue weighted by molar-refractivity contribution is 5.97. The number of nitrogens with one attached hydrogen (secondary N) is 1. The Morgan fingerprint density at radius 1 is 0.889 bits per heavy atom. The van der Waals surface area contributed by atoms with Gasteiger partial charge in [-0.1, -0.05) is 91.9 Å². The molecule has 1 aliphatic heterocycles. The van der Waals surface area contributed by atoms with Gasteiger partial charge in [0.05, 0.1) is 12.1 Å². The zero-order chi connectivity index (χ0) is 25.4. The van der Waals surface area contributed by atoms with Gasteiger partial charge < -0.3 is 11.1 Å². The van der Waals surface area contributed by atoms with Gasteiger partial charge in [0.2, 0.25) is 5.91 Å². The Kier molecular flexibility index (Phi) is 8.68. The molecule has 3 aromatic rings. The number of carbonyl (C=O) groups excluding carboxylic acids is 2. The molecule has 1 heterocycles. The molecule has 1 unspecified atom stereocenters. The van der Waals surface area contributed by atoms with Crippen LogP contribution in [-0.2, 0) is 23.2 Å². The van der Waals surface area contributed by atoms with E-state index < -0.39 is 5.54 Å². The van der Waals surface area contributed by atoms with Crippen LogP contribution in [0.15, 0.2) is 84.9 Å². The van der Waals surface area contributed by atoms with Crippen LogP contribution in [-0.4, -0.2) is 42.3 Å². The molecule has 3 aromatic carbocycles. The van der Waals surface area contributed by atoms with Gasteiger partial charge in [-0.3, -0.25) is 14.5 Å². The number of hydrogen-bond acceptors (Lipinski definition) is 4. The summed E-state index contributed by atoms with van der Waals surface area (Å²) >= 11 is 0. The molecule has 0 aromatic heterocycles. The third-order valence-electron chi connectivity index (χ3n) is 7.31. The number of carbonyl (C=O) groups is 2. The summed E-state index contributed by atoms with van der Waals surface area (Å²) < 4.78 is 0. The van der Waals surface area contributed by atoms with E-state index in [4.69, 9.17) is 5.73 Å². The Morgan fingerprint density at radius 2 is 1.47 bits per heavy atom. The predicted octanol–water partition coefficient (Wildman–Crippen LogP) is 4.50. The molecule has 5 nitrogen and oxygen atoms in total. The van der Waals surface area contributed by atoms with Crippen LogP contribution in [0.3, 0.4) is 0 Å². The highest BCUT2D eigenvalue weighted by Crippen LogP contribution is 2.33. The first-order chi connectivity index (χ1) is 17.5. The number of ketones is 1. The van der Waals surface area contributed by atoms with E-state index in [-0.39, 0.29) is 24.2 Å². The number of nitrogens with zero attached hydrogens (tertiary/aromatic N) is 1. The zero-order valence-corrected chi connectivity index (χ0v) is 21.2. The van der Waals surface area contributed by atoms with Gasteiger partial charge in [-0.2, -0.15) is 0 Å². The van der Waals surface area contributed by atoms with Crippen LogP contribution >= 0.6 is 0 Å². The van der Waals surface area contributed by atoms with Crippen molar-refractivity contribution in [3.05, 3.63) is 107 Å². The number of likely N-dealkylation sites (tertiary alicyclic amines) is 1. The van der Waals surface area contributed by atoms with Gasteiger partial charge in [0.15, 0.2) is 5.78 Å². The fourth-order valence-corrected chi connectivity index (χ4v) is 5.27. The van der Waals surface area contributed by atoms with Gasteiger partial charge in [0.1, 0.15) is 0 Å². The molecule has 1 aliphatic rings. The van der Waals surface area contributed by atoms with Crippen molar-refractivity contribution in [2.45, 2.75) is 50.6 Å². The van der Waals surface area contributed by atoms with E-state index in [2.05, 4.69) is 41.4 Å². The molecule has 0 saturated carbocycles. The highest BCUT2D eigenvalue weighted by atomic mass is 16.1. The number of benzene rings is 3. The largest absolute Gasteiger partial charge is 0.346 e. The Bertz CT molecular complexity index is 1140. The maximum absolute atomic E-state index is 13.2. The van der Waals surface area contributed by atoms with Crippen LogP contribution < -0.4 is 11.1 Å². The maximum Gasteiger partial charge on any atom is 0.222 e. The summed E-state index contributed by atoms with van der Waals surface area (Å²) in [6.45, 7) is 4.01. The van der Waals surface area contributed by atoms with E-state index in [1.54, 1.807) is 0 Å². The number of amides is 1. The van der Waals surface area contributed by atoms with Gasteiger partial charge >= 0.3 is 0 Å². The standard InChI is InChI=1S/C31H37N3O2/c1-2-24-11-9-10-14-26(24)21-28(32)22-30(36)33-31(27-15-7-4-8-16-27)17-19-34(20-18-31)23-29(35)25-12-5-3-6-13-25/h3-16,28H,2,17-23,32H2,1H3,(H,33,36).